The third-order valence-corrected chi connectivity index (χ3v) is 2.83. The Morgan fingerprint density at radius 1 is 1.50 bits per heavy atom. The number of nitrogens with zero attached hydrogens (tertiary/aromatic N) is 1. The molecular weight excluding hydrogens is 202 g/mol. The molecule has 2 heterocycles. The number of amides is 1. The molecule has 1 aliphatic heterocycles. The highest BCUT2D eigenvalue weighted by molar-refractivity contribution is 6.04. The number of rotatable bonds is 2. The second-order valence-corrected chi connectivity index (χ2v) is 3.98. The van der Waals surface area contributed by atoms with E-state index in [0.717, 1.165) is 29.9 Å². The molecule has 16 heavy (non-hydrogen) atoms. The van der Waals surface area contributed by atoms with Gasteiger partial charge >= 0.3 is 0 Å². The SMILES string of the molecule is CC(C(=O)Nc1cnccc1C)=C1CNC1. The van der Waals surface area contributed by atoms with Crippen LogP contribution >= 0.6 is 0 Å². The molecule has 1 aromatic heterocycles. The molecule has 0 radical (unpaired) electrons. The number of carbonyl (C=O) groups excluding carboxylic acids is 1. The minimum Gasteiger partial charge on any atom is -0.321 e. The van der Waals surface area contributed by atoms with E-state index in [-0.39, 0.29) is 5.91 Å². The third-order valence-electron chi connectivity index (χ3n) is 2.83. The summed E-state index contributed by atoms with van der Waals surface area (Å²) in [5.41, 5.74) is 3.79. The highest BCUT2D eigenvalue weighted by atomic mass is 16.1. The van der Waals surface area contributed by atoms with Gasteiger partial charge in [-0.15, -0.1) is 0 Å². The highest BCUT2D eigenvalue weighted by Gasteiger charge is 2.16. The quantitative estimate of drug-likeness (QED) is 0.733. The molecule has 2 rings (SSSR count). The first-order valence-corrected chi connectivity index (χ1v) is 5.30. The monoisotopic (exact) mass is 217 g/mol. The van der Waals surface area contributed by atoms with Gasteiger partial charge in [0.15, 0.2) is 0 Å². The van der Waals surface area contributed by atoms with Gasteiger partial charge in [-0.1, -0.05) is 0 Å². The van der Waals surface area contributed by atoms with E-state index in [0.29, 0.717) is 0 Å². The van der Waals surface area contributed by atoms with E-state index >= 15 is 0 Å². The number of aryl methyl sites for hydroxylation is 1. The summed E-state index contributed by atoms with van der Waals surface area (Å²) in [6.45, 7) is 5.46. The predicted molar refractivity (Wildman–Crippen MR) is 63.2 cm³/mol. The molecule has 0 bridgehead atoms. The van der Waals surface area contributed by atoms with Crippen LogP contribution in [0.15, 0.2) is 29.6 Å². The van der Waals surface area contributed by atoms with E-state index in [1.54, 1.807) is 12.4 Å². The van der Waals surface area contributed by atoms with Crippen molar-refractivity contribution < 1.29 is 4.79 Å². The van der Waals surface area contributed by atoms with Crippen molar-refractivity contribution in [3.63, 3.8) is 0 Å². The van der Waals surface area contributed by atoms with Crippen LogP contribution in [-0.4, -0.2) is 24.0 Å². The Bertz CT molecular complexity index is 445. The van der Waals surface area contributed by atoms with E-state index in [9.17, 15) is 4.79 Å². The number of aromatic nitrogens is 1. The summed E-state index contributed by atoms with van der Waals surface area (Å²) >= 11 is 0. The summed E-state index contributed by atoms with van der Waals surface area (Å²) in [6, 6.07) is 1.88. The number of pyridine rings is 1. The van der Waals surface area contributed by atoms with Gasteiger partial charge in [-0.3, -0.25) is 9.78 Å². The Morgan fingerprint density at radius 2 is 2.25 bits per heavy atom. The van der Waals surface area contributed by atoms with Crippen LogP contribution in [0, 0.1) is 6.92 Å². The van der Waals surface area contributed by atoms with Crippen LogP contribution in [0.2, 0.25) is 0 Å². The van der Waals surface area contributed by atoms with Gasteiger partial charge in [0, 0.05) is 24.9 Å². The molecule has 1 aromatic rings. The standard InChI is InChI=1S/C12H15N3O/c1-8-3-4-13-7-11(8)15-12(16)9(2)10-5-14-6-10/h3-4,7,14H,5-6H2,1-2H3,(H,15,16). The lowest BCUT2D eigenvalue weighted by Crippen LogP contribution is -2.36. The molecule has 1 amide bonds. The minimum absolute atomic E-state index is 0.0346. The lowest BCUT2D eigenvalue weighted by molar-refractivity contribution is -0.112. The van der Waals surface area contributed by atoms with Crippen molar-refractivity contribution in [2.24, 2.45) is 0 Å². The molecule has 0 aromatic carbocycles. The predicted octanol–water partition coefficient (Wildman–Crippen LogP) is 1.25. The van der Waals surface area contributed by atoms with Crippen molar-refractivity contribution in [1.29, 1.82) is 0 Å². The molecule has 84 valence electrons. The van der Waals surface area contributed by atoms with Gasteiger partial charge in [-0.05, 0) is 31.1 Å². The molecule has 4 nitrogen and oxygen atoms in total. The van der Waals surface area contributed by atoms with Crippen LogP contribution in [0.5, 0.6) is 0 Å². The second kappa shape index (κ2) is 4.45. The molecular formula is C12H15N3O. The second-order valence-electron chi connectivity index (χ2n) is 3.98. The molecule has 0 spiro atoms. The van der Waals surface area contributed by atoms with Crippen LogP contribution in [0.25, 0.3) is 0 Å². The zero-order valence-electron chi connectivity index (χ0n) is 9.50. The number of hydrogen-bond donors (Lipinski definition) is 2. The number of carbonyl (C=O) groups is 1. The maximum Gasteiger partial charge on any atom is 0.251 e. The Morgan fingerprint density at radius 3 is 2.81 bits per heavy atom. The maximum absolute atomic E-state index is 11.9. The first-order chi connectivity index (χ1) is 7.68. The lowest BCUT2D eigenvalue weighted by Gasteiger charge is -2.21. The van der Waals surface area contributed by atoms with E-state index in [2.05, 4.69) is 15.6 Å². The van der Waals surface area contributed by atoms with Crippen molar-refractivity contribution in [3.05, 3.63) is 35.2 Å². The van der Waals surface area contributed by atoms with Crippen molar-refractivity contribution in [1.82, 2.24) is 10.3 Å². The van der Waals surface area contributed by atoms with E-state index in [4.69, 9.17) is 0 Å². The van der Waals surface area contributed by atoms with E-state index in [1.807, 2.05) is 19.9 Å². The van der Waals surface area contributed by atoms with Gasteiger partial charge in [-0.2, -0.15) is 0 Å². The Hall–Kier alpha value is -1.68. The van der Waals surface area contributed by atoms with Gasteiger partial charge in [0.05, 0.1) is 11.9 Å². The third kappa shape index (κ3) is 2.12. The molecule has 1 aliphatic rings. The number of anilines is 1. The minimum atomic E-state index is -0.0346. The molecule has 0 atom stereocenters. The smallest absolute Gasteiger partial charge is 0.251 e. The largest absolute Gasteiger partial charge is 0.321 e. The fourth-order valence-electron chi connectivity index (χ4n) is 1.49. The van der Waals surface area contributed by atoms with Crippen molar-refractivity contribution in [2.45, 2.75) is 13.8 Å². The van der Waals surface area contributed by atoms with Gasteiger partial charge in [0.2, 0.25) is 0 Å². The Balaban J connectivity index is 2.11. The first kappa shape index (κ1) is 10.8. The number of hydrogen-bond acceptors (Lipinski definition) is 3. The van der Waals surface area contributed by atoms with Crippen LogP contribution in [-0.2, 0) is 4.79 Å². The van der Waals surface area contributed by atoms with Crippen molar-refractivity contribution in [2.75, 3.05) is 18.4 Å². The summed E-state index contributed by atoms with van der Waals surface area (Å²) in [4.78, 5) is 15.9. The Kier molecular flexibility index (Phi) is 3.01. The van der Waals surface area contributed by atoms with Gasteiger partial charge < -0.3 is 10.6 Å². The summed E-state index contributed by atoms with van der Waals surface area (Å²) < 4.78 is 0. The fraction of sp³-hybridized carbons (Fsp3) is 0.333. The summed E-state index contributed by atoms with van der Waals surface area (Å²) in [5, 5.41) is 5.99. The average Bonchev–Trinajstić information content (AvgIpc) is 2.18. The van der Waals surface area contributed by atoms with Crippen molar-refractivity contribution in [3.8, 4) is 0 Å². The zero-order valence-corrected chi connectivity index (χ0v) is 9.50. The highest BCUT2D eigenvalue weighted by Crippen LogP contribution is 2.15. The molecule has 0 unspecified atom stereocenters. The maximum atomic E-state index is 11.9. The van der Waals surface area contributed by atoms with Crippen molar-refractivity contribution >= 4 is 11.6 Å². The molecule has 0 aliphatic carbocycles. The molecule has 1 fully saturated rings. The summed E-state index contributed by atoms with van der Waals surface area (Å²) in [7, 11) is 0. The molecule has 2 N–H and O–H groups in total. The van der Waals surface area contributed by atoms with Crippen LogP contribution in [0.3, 0.4) is 0 Å². The van der Waals surface area contributed by atoms with Crippen LogP contribution in [0.1, 0.15) is 12.5 Å². The zero-order chi connectivity index (χ0) is 11.5. The normalized spacial score (nSPS) is 14.2. The topological polar surface area (TPSA) is 54.0 Å². The van der Waals surface area contributed by atoms with Gasteiger partial charge in [0.25, 0.3) is 5.91 Å². The van der Waals surface area contributed by atoms with E-state index in [1.165, 1.54) is 5.57 Å². The first-order valence-electron chi connectivity index (χ1n) is 5.30. The van der Waals surface area contributed by atoms with Crippen LogP contribution < -0.4 is 10.6 Å². The average molecular weight is 217 g/mol. The fourth-order valence-corrected chi connectivity index (χ4v) is 1.49. The summed E-state index contributed by atoms with van der Waals surface area (Å²) in [6.07, 6.45) is 3.39. The van der Waals surface area contributed by atoms with Gasteiger partial charge in [0.1, 0.15) is 0 Å². The summed E-state index contributed by atoms with van der Waals surface area (Å²) in [5.74, 6) is -0.0346. The molecule has 0 saturated carbocycles. The Labute approximate surface area is 94.8 Å². The number of nitrogens with one attached hydrogen (secondary N) is 2. The van der Waals surface area contributed by atoms with Crippen LogP contribution in [0.4, 0.5) is 5.69 Å². The molecule has 1 saturated heterocycles. The lowest BCUT2D eigenvalue weighted by atomic mass is 10.0. The van der Waals surface area contributed by atoms with Gasteiger partial charge in [-0.25, -0.2) is 0 Å². The molecule has 4 heteroatoms. The van der Waals surface area contributed by atoms with E-state index < -0.39 is 0 Å².